The van der Waals surface area contributed by atoms with Crippen molar-refractivity contribution in [3.05, 3.63) is 44.9 Å². The van der Waals surface area contributed by atoms with E-state index in [0.29, 0.717) is 17.3 Å². The normalized spacial score (nSPS) is 10.3. The van der Waals surface area contributed by atoms with Crippen LogP contribution in [0.4, 0.5) is 5.69 Å². The Morgan fingerprint density at radius 3 is 2.89 bits per heavy atom. The lowest BCUT2D eigenvalue weighted by molar-refractivity contribution is 0.0697. The largest absolute Gasteiger partial charge is 0.478 e. The van der Waals surface area contributed by atoms with Crippen LogP contribution in [0.3, 0.4) is 0 Å². The second-order valence-corrected chi connectivity index (χ2v) is 5.09. The molecule has 4 nitrogen and oxygen atoms in total. The van der Waals surface area contributed by atoms with Crippen molar-refractivity contribution in [2.24, 2.45) is 0 Å². The maximum Gasteiger partial charge on any atom is 0.335 e. The smallest absolute Gasteiger partial charge is 0.335 e. The fourth-order valence-electron chi connectivity index (χ4n) is 1.45. The van der Waals surface area contributed by atoms with E-state index in [1.54, 1.807) is 17.4 Å². The first kappa shape index (κ1) is 12.9. The highest BCUT2D eigenvalue weighted by molar-refractivity contribution is 7.09. The summed E-state index contributed by atoms with van der Waals surface area (Å²) in [7, 11) is 0. The molecule has 1 heterocycles. The Hall–Kier alpha value is -1.59. The Morgan fingerprint density at radius 2 is 2.33 bits per heavy atom. The molecule has 94 valence electrons. The molecule has 0 aliphatic heterocycles. The fourth-order valence-corrected chi connectivity index (χ4v) is 2.41. The van der Waals surface area contributed by atoms with E-state index >= 15 is 0 Å². The molecule has 0 unspecified atom stereocenters. The van der Waals surface area contributed by atoms with Crippen LogP contribution in [0.5, 0.6) is 0 Å². The van der Waals surface area contributed by atoms with Crippen LogP contribution in [0.25, 0.3) is 0 Å². The Morgan fingerprint density at radius 1 is 1.56 bits per heavy atom. The summed E-state index contributed by atoms with van der Waals surface area (Å²) in [5, 5.41) is 15.3. The Bertz CT molecular complexity index is 583. The molecule has 0 fully saturated rings. The number of aryl methyl sites for hydroxylation is 1. The third kappa shape index (κ3) is 3.00. The number of anilines is 1. The van der Waals surface area contributed by atoms with Crippen LogP contribution in [-0.2, 0) is 6.54 Å². The van der Waals surface area contributed by atoms with Crippen LogP contribution in [0, 0.1) is 6.92 Å². The Balaban J connectivity index is 2.08. The number of hydrogen-bond donors (Lipinski definition) is 2. The van der Waals surface area contributed by atoms with Crippen LogP contribution < -0.4 is 5.32 Å². The van der Waals surface area contributed by atoms with Crippen LogP contribution in [0.1, 0.15) is 21.1 Å². The van der Waals surface area contributed by atoms with Gasteiger partial charge in [0.2, 0.25) is 0 Å². The first-order chi connectivity index (χ1) is 8.56. The van der Waals surface area contributed by atoms with E-state index in [2.05, 4.69) is 10.3 Å². The van der Waals surface area contributed by atoms with Crippen molar-refractivity contribution in [3.8, 4) is 0 Å². The van der Waals surface area contributed by atoms with Gasteiger partial charge in [0.15, 0.2) is 0 Å². The van der Waals surface area contributed by atoms with Gasteiger partial charge in [0.1, 0.15) is 5.01 Å². The maximum absolute atomic E-state index is 10.8. The number of aromatic nitrogens is 1. The number of benzene rings is 1. The van der Waals surface area contributed by atoms with Gasteiger partial charge in [-0.1, -0.05) is 11.6 Å². The lowest BCUT2D eigenvalue weighted by Crippen LogP contribution is -2.01. The van der Waals surface area contributed by atoms with E-state index in [9.17, 15) is 4.79 Å². The predicted molar refractivity (Wildman–Crippen MR) is 72.6 cm³/mol. The van der Waals surface area contributed by atoms with Crippen LogP contribution in [0.2, 0.25) is 5.02 Å². The number of nitrogens with one attached hydrogen (secondary N) is 1. The number of hydrogen-bond acceptors (Lipinski definition) is 4. The number of rotatable bonds is 4. The molecule has 2 rings (SSSR count). The van der Waals surface area contributed by atoms with Crippen molar-refractivity contribution >= 4 is 34.6 Å². The molecule has 0 atom stereocenters. The molecule has 18 heavy (non-hydrogen) atoms. The highest BCUT2D eigenvalue weighted by atomic mass is 35.5. The molecule has 1 aromatic heterocycles. The number of aromatic carboxylic acids is 1. The standard InChI is InChI=1S/C12H11ClN2O2S/c1-7-6-18-11(15-7)5-14-10-3-2-8(12(16)17)4-9(10)13/h2-4,6,14H,5H2,1H3,(H,16,17). The van der Waals surface area contributed by atoms with Gasteiger partial charge in [0, 0.05) is 11.1 Å². The Kier molecular flexibility index (Phi) is 3.84. The molecule has 0 aliphatic carbocycles. The first-order valence-corrected chi connectivity index (χ1v) is 6.50. The van der Waals surface area contributed by atoms with Crippen molar-refractivity contribution < 1.29 is 9.90 Å². The summed E-state index contributed by atoms with van der Waals surface area (Å²) >= 11 is 7.57. The fraction of sp³-hybridized carbons (Fsp3) is 0.167. The highest BCUT2D eigenvalue weighted by Gasteiger charge is 2.07. The number of carboxylic acid groups (broad SMARTS) is 1. The SMILES string of the molecule is Cc1csc(CNc2ccc(C(=O)O)cc2Cl)n1. The minimum atomic E-state index is -0.987. The summed E-state index contributed by atoms with van der Waals surface area (Å²) in [5.41, 5.74) is 1.87. The van der Waals surface area contributed by atoms with Gasteiger partial charge in [-0.3, -0.25) is 0 Å². The van der Waals surface area contributed by atoms with E-state index < -0.39 is 5.97 Å². The topological polar surface area (TPSA) is 62.2 Å². The van der Waals surface area contributed by atoms with Crippen molar-refractivity contribution in [2.75, 3.05) is 5.32 Å². The van der Waals surface area contributed by atoms with Gasteiger partial charge in [0.05, 0.1) is 22.8 Å². The number of carboxylic acids is 1. The second-order valence-electron chi connectivity index (χ2n) is 3.74. The molecule has 2 aromatic rings. The molecule has 0 aliphatic rings. The second kappa shape index (κ2) is 5.37. The van der Waals surface area contributed by atoms with Gasteiger partial charge in [-0.05, 0) is 25.1 Å². The third-order valence-electron chi connectivity index (χ3n) is 2.31. The van der Waals surface area contributed by atoms with E-state index in [4.69, 9.17) is 16.7 Å². The number of nitrogens with zero attached hydrogens (tertiary/aromatic N) is 1. The van der Waals surface area contributed by atoms with E-state index in [1.807, 2.05) is 12.3 Å². The molecule has 1 aromatic carbocycles. The van der Waals surface area contributed by atoms with Crippen molar-refractivity contribution in [1.29, 1.82) is 0 Å². The summed E-state index contributed by atoms with van der Waals surface area (Å²) in [6, 6.07) is 4.61. The van der Waals surface area contributed by atoms with E-state index in [0.717, 1.165) is 10.7 Å². The lowest BCUT2D eigenvalue weighted by atomic mass is 10.2. The lowest BCUT2D eigenvalue weighted by Gasteiger charge is -2.07. The van der Waals surface area contributed by atoms with Gasteiger partial charge in [-0.2, -0.15) is 0 Å². The van der Waals surface area contributed by atoms with Crippen LogP contribution >= 0.6 is 22.9 Å². The molecule has 2 N–H and O–H groups in total. The summed E-state index contributed by atoms with van der Waals surface area (Å²) < 4.78 is 0. The molecule has 0 radical (unpaired) electrons. The first-order valence-electron chi connectivity index (χ1n) is 5.24. The van der Waals surface area contributed by atoms with Gasteiger partial charge < -0.3 is 10.4 Å². The monoisotopic (exact) mass is 282 g/mol. The summed E-state index contributed by atoms with van der Waals surface area (Å²) in [4.78, 5) is 15.1. The van der Waals surface area contributed by atoms with Gasteiger partial charge in [-0.15, -0.1) is 11.3 Å². The zero-order valence-electron chi connectivity index (χ0n) is 9.61. The van der Waals surface area contributed by atoms with Crippen molar-refractivity contribution in [2.45, 2.75) is 13.5 Å². The predicted octanol–water partition coefficient (Wildman–Crippen LogP) is 3.42. The molecule has 0 saturated carbocycles. The quantitative estimate of drug-likeness (QED) is 0.902. The molecule has 0 spiro atoms. The van der Waals surface area contributed by atoms with Crippen molar-refractivity contribution in [3.63, 3.8) is 0 Å². The number of halogens is 1. The molecule has 6 heteroatoms. The third-order valence-corrected chi connectivity index (χ3v) is 3.59. The molecule has 0 bridgehead atoms. The Labute approximate surface area is 113 Å². The molecular weight excluding hydrogens is 272 g/mol. The van der Waals surface area contributed by atoms with Crippen LogP contribution in [0.15, 0.2) is 23.6 Å². The summed E-state index contributed by atoms with van der Waals surface area (Å²) in [6.07, 6.45) is 0. The van der Waals surface area contributed by atoms with E-state index in [-0.39, 0.29) is 5.56 Å². The summed E-state index contributed by atoms with van der Waals surface area (Å²) in [6.45, 7) is 2.51. The minimum Gasteiger partial charge on any atom is -0.478 e. The van der Waals surface area contributed by atoms with E-state index in [1.165, 1.54) is 12.1 Å². The van der Waals surface area contributed by atoms with Crippen LogP contribution in [-0.4, -0.2) is 16.1 Å². The maximum atomic E-state index is 10.8. The van der Waals surface area contributed by atoms with Gasteiger partial charge in [-0.25, -0.2) is 9.78 Å². The highest BCUT2D eigenvalue weighted by Crippen LogP contribution is 2.24. The zero-order valence-corrected chi connectivity index (χ0v) is 11.2. The van der Waals surface area contributed by atoms with Crippen molar-refractivity contribution in [1.82, 2.24) is 4.98 Å². The average molecular weight is 283 g/mol. The zero-order chi connectivity index (χ0) is 13.1. The van der Waals surface area contributed by atoms with Gasteiger partial charge in [0.25, 0.3) is 0 Å². The average Bonchev–Trinajstić information content (AvgIpc) is 2.73. The minimum absolute atomic E-state index is 0.177. The molecular formula is C12H11ClN2O2S. The van der Waals surface area contributed by atoms with Gasteiger partial charge >= 0.3 is 5.97 Å². The molecule has 0 saturated heterocycles. The number of thiazole rings is 1. The summed E-state index contributed by atoms with van der Waals surface area (Å²) in [5.74, 6) is -0.987. The molecule has 0 amide bonds. The number of carbonyl (C=O) groups is 1.